The van der Waals surface area contributed by atoms with Crippen LogP contribution >= 0.6 is 23.5 Å². The number of aliphatic hydroxyl groups is 3. The molecule has 2 saturated heterocycles. The second-order valence-corrected chi connectivity index (χ2v) is 16.6. The molecule has 11 atom stereocenters. The molecule has 6 rings (SSSR count). The van der Waals surface area contributed by atoms with Crippen molar-refractivity contribution in [3.63, 3.8) is 0 Å². The number of hydrogen-bond acceptors (Lipinski definition) is 19. The van der Waals surface area contributed by atoms with E-state index in [1.165, 1.54) is 47.6 Å². The lowest BCUT2D eigenvalue weighted by Crippen LogP contribution is -2.46. The van der Waals surface area contributed by atoms with E-state index >= 15 is 0 Å². The summed E-state index contributed by atoms with van der Waals surface area (Å²) in [5.41, 5.74) is 10.1. The Morgan fingerprint density at radius 1 is 0.759 bits per heavy atom. The molecule has 0 radical (unpaired) electrons. The SMILES string of the molecule is CO[C@H]1[C@@H](O)[C@H]([n+]2cn(C)c3c(=O)[nH]c(N)nc32)O[C@@H]1COP(=O)(O)OP(=O)(O)OP(=O)(O)OC[C@H]1O[C@@H]([n+]2cn(C)c3c(=O)[nH]c(N)nc32)[C@H](O)[C@@H]1O. The number of anilines is 2. The van der Waals surface area contributed by atoms with Crippen molar-refractivity contribution in [2.45, 2.75) is 49.1 Å². The first kappa shape index (κ1) is 40.1. The molecule has 2 aliphatic rings. The van der Waals surface area contributed by atoms with E-state index in [9.17, 15) is 53.3 Å². The van der Waals surface area contributed by atoms with Gasteiger partial charge in [-0.3, -0.25) is 37.7 Å². The maximum absolute atomic E-state index is 12.6. The normalized spacial score (nSPS) is 29.4. The molecule has 0 bridgehead atoms. The Balaban J connectivity index is 1.07. The number of aliphatic hydroxyl groups excluding tert-OH is 3. The number of hydrogen-bond donors (Lipinski definition) is 10. The van der Waals surface area contributed by atoms with Crippen LogP contribution in [0.25, 0.3) is 22.3 Å². The highest BCUT2D eigenvalue weighted by Gasteiger charge is 2.51. The lowest BCUT2D eigenvalue weighted by Gasteiger charge is -2.21. The number of fused-ring (bicyclic) bond motifs is 2. The molecule has 12 N–H and O–H groups in total. The smallest absolute Gasteiger partial charge is 0.387 e. The van der Waals surface area contributed by atoms with Gasteiger partial charge >= 0.3 is 34.8 Å². The fourth-order valence-corrected chi connectivity index (χ4v) is 9.56. The van der Waals surface area contributed by atoms with Gasteiger partial charge in [-0.05, 0) is 0 Å². The molecule has 298 valence electrons. The maximum atomic E-state index is 12.6. The van der Waals surface area contributed by atoms with Gasteiger partial charge in [0.05, 0.1) is 27.3 Å². The van der Waals surface area contributed by atoms with Crippen molar-refractivity contribution >= 4 is 57.7 Å². The Morgan fingerprint density at radius 3 is 1.65 bits per heavy atom. The second kappa shape index (κ2) is 14.5. The van der Waals surface area contributed by atoms with Crippen LogP contribution in [-0.4, -0.2) is 116 Å². The van der Waals surface area contributed by atoms with Gasteiger partial charge in [0.1, 0.15) is 36.6 Å². The summed E-state index contributed by atoms with van der Waals surface area (Å²) in [6.45, 7) is -2.01. The van der Waals surface area contributed by atoms with E-state index in [0.29, 0.717) is 0 Å². The first-order valence-corrected chi connectivity index (χ1v) is 19.7. The van der Waals surface area contributed by atoms with Crippen LogP contribution < -0.4 is 31.7 Å². The number of phosphoric ester groups is 2. The lowest BCUT2D eigenvalue weighted by molar-refractivity contribution is -0.746. The second-order valence-electron chi connectivity index (χ2n) is 12.0. The molecule has 6 heterocycles. The van der Waals surface area contributed by atoms with Crippen molar-refractivity contribution in [2.24, 2.45) is 14.1 Å². The van der Waals surface area contributed by atoms with Crippen molar-refractivity contribution < 1.29 is 84.7 Å². The quantitative estimate of drug-likeness (QED) is 0.0448. The Bertz CT molecular complexity index is 2350. The van der Waals surface area contributed by atoms with Crippen LogP contribution in [0.5, 0.6) is 0 Å². The van der Waals surface area contributed by atoms with Crippen molar-refractivity contribution in [1.29, 1.82) is 0 Å². The van der Waals surface area contributed by atoms with Gasteiger partial charge in [-0.15, -0.1) is 0 Å². The number of nitrogens with zero attached hydrogens (tertiary/aromatic N) is 6. The highest BCUT2D eigenvalue weighted by atomic mass is 31.3. The number of nitrogen functional groups attached to an aromatic ring is 2. The van der Waals surface area contributed by atoms with Gasteiger partial charge in [0.2, 0.25) is 23.5 Å². The molecule has 3 unspecified atom stereocenters. The molecule has 4 aromatic rings. The largest absolute Gasteiger partial charge is 0.490 e. The van der Waals surface area contributed by atoms with Crippen LogP contribution in [0.15, 0.2) is 22.2 Å². The predicted molar refractivity (Wildman–Crippen MR) is 172 cm³/mol. The highest BCUT2D eigenvalue weighted by molar-refractivity contribution is 7.66. The van der Waals surface area contributed by atoms with Crippen molar-refractivity contribution in [2.75, 3.05) is 31.8 Å². The van der Waals surface area contributed by atoms with E-state index in [1.807, 2.05) is 0 Å². The number of aromatic nitrogens is 8. The number of aromatic amines is 2. The molecular formula is C23H35N10O18P3+2. The molecular weight excluding hydrogens is 797 g/mol. The van der Waals surface area contributed by atoms with E-state index in [-0.39, 0.29) is 34.2 Å². The minimum Gasteiger partial charge on any atom is -0.387 e. The van der Waals surface area contributed by atoms with Crippen LogP contribution in [0.4, 0.5) is 11.9 Å². The predicted octanol–water partition coefficient (Wildman–Crippen LogP) is -4.46. The molecule has 31 heteroatoms. The summed E-state index contributed by atoms with van der Waals surface area (Å²) in [6.07, 6.45) is -9.39. The number of H-pyrrole nitrogens is 2. The average Bonchev–Trinajstić information content (AvgIpc) is 3.74. The van der Waals surface area contributed by atoms with Crippen LogP contribution in [0, 0.1) is 0 Å². The van der Waals surface area contributed by atoms with E-state index in [1.54, 1.807) is 0 Å². The number of phosphoric acid groups is 3. The Labute approximate surface area is 299 Å². The molecule has 4 aromatic heterocycles. The average molecular weight is 833 g/mol. The summed E-state index contributed by atoms with van der Waals surface area (Å²) in [7, 11) is -13.2. The van der Waals surface area contributed by atoms with Gasteiger partial charge in [-0.2, -0.15) is 8.62 Å². The number of imidazole rings is 2. The molecule has 0 aliphatic carbocycles. The van der Waals surface area contributed by atoms with Gasteiger partial charge in [0.15, 0.2) is 12.7 Å². The van der Waals surface area contributed by atoms with Gasteiger partial charge in [-0.1, -0.05) is 9.97 Å². The molecule has 0 spiro atoms. The number of nitrogens with two attached hydrogens (primary N) is 2. The zero-order chi connectivity index (χ0) is 39.7. The topological polar surface area (TPSA) is 398 Å². The Morgan fingerprint density at radius 2 is 1.19 bits per heavy atom. The van der Waals surface area contributed by atoms with Gasteiger partial charge < -0.3 is 55.7 Å². The minimum absolute atomic E-state index is 0.00110. The molecule has 2 aliphatic heterocycles. The molecule has 0 aromatic carbocycles. The number of aryl methyl sites for hydroxylation is 2. The number of nitrogens with one attached hydrogen (secondary N) is 2. The summed E-state index contributed by atoms with van der Waals surface area (Å²) in [6, 6.07) is 0. The monoisotopic (exact) mass is 832 g/mol. The van der Waals surface area contributed by atoms with Gasteiger partial charge in [0, 0.05) is 7.11 Å². The third kappa shape index (κ3) is 7.78. The molecule has 0 amide bonds. The van der Waals surface area contributed by atoms with Gasteiger partial charge in [-0.25, -0.2) is 22.8 Å². The summed E-state index contributed by atoms with van der Waals surface area (Å²) in [5, 5.41) is 32.1. The summed E-state index contributed by atoms with van der Waals surface area (Å²) < 4.78 is 77.0. The fourth-order valence-electron chi connectivity index (χ4n) is 6.04. The van der Waals surface area contributed by atoms with Crippen LogP contribution in [0.1, 0.15) is 12.5 Å². The molecule has 28 nitrogen and oxygen atoms in total. The number of rotatable bonds is 13. The maximum Gasteiger partial charge on any atom is 0.490 e. The Hall–Kier alpha value is -3.53. The first-order valence-electron chi connectivity index (χ1n) is 15.2. The van der Waals surface area contributed by atoms with E-state index in [4.69, 9.17) is 30.2 Å². The zero-order valence-corrected chi connectivity index (χ0v) is 30.6. The van der Waals surface area contributed by atoms with E-state index in [0.717, 1.165) is 4.57 Å². The summed E-state index contributed by atoms with van der Waals surface area (Å²) >= 11 is 0. The molecule has 2 fully saturated rings. The van der Waals surface area contributed by atoms with E-state index in [2.05, 4.69) is 33.1 Å². The van der Waals surface area contributed by atoms with E-state index < -0.39 is 96.9 Å². The van der Waals surface area contributed by atoms with Crippen molar-refractivity contribution in [1.82, 2.24) is 29.1 Å². The van der Waals surface area contributed by atoms with Crippen molar-refractivity contribution in [3.05, 3.63) is 33.4 Å². The number of ether oxygens (including phenoxy) is 3. The van der Waals surface area contributed by atoms with Gasteiger partial charge in [0.25, 0.3) is 23.0 Å². The zero-order valence-electron chi connectivity index (χ0n) is 27.9. The molecule has 54 heavy (non-hydrogen) atoms. The minimum atomic E-state index is -5.98. The summed E-state index contributed by atoms with van der Waals surface area (Å²) in [5.74, 6) is -0.517. The summed E-state index contributed by atoms with van der Waals surface area (Å²) in [4.78, 5) is 67.8. The highest BCUT2D eigenvalue weighted by Crippen LogP contribution is 2.67. The first-order chi connectivity index (χ1) is 25.1. The standard InChI is InChI=1S/C23H33N10O18P3/c1-30-6-32(16-10(30)18(37)28-22(24)26-16)20-13(35)12(34)8(48-20)4-46-52(39,40)50-54(43,44)51-53(41,42)47-5-9-15(45-3)14(36)21(49-9)33-7-31(2)11-17(33)27-23(25)29-19(11)38/h6-9,12-15,20-21,34-36H,4-5H2,1-3H3,(H7-2,24,25,26,27,28,29,37,38,39,40,41,42,43,44)/p+2/t8-,9-,12-,13-,14-,15-,20-,21-/m1/s1. The van der Waals surface area contributed by atoms with Crippen LogP contribution in [-0.2, 0) is 59.7 Å². The molecule has 0 saturated carbocycles. The fraction of sp³-hybridized carbons (Fsp3) is 0.565. The van der Waals surface area contributed by atoms with Crippen LogP contribution in [0.3, 0.4) is 0 Å². The Kier molecular flexibility index (Phi) is 10.8. The van der Waals surface area contributed by atoms with Crippen molar-refractivity contribution in [3.8, 4) is 0 Å². The third-order valence-corrected chi connectivity index (χ3v) is 12.5. The third-order valence-electron chi connectivity index (χ3n) is 8.26. The lowest BCUT2D eigenvalue weighted by atomic mass is 10.1. The van der Waals surface area contributed by atoms with Crippen LogP contribution in [0.2, 0.25) is 0 Å². The number of methoxy groups -OCH3 is 1.